The molecule has 90 valence electrons. The molecule has 4 amide bonds. The van der Waals surface area contributed by atoms with Crippen molar-refractivity contribution in [3.05, 3.63) is 0 Å². The second kappa shape index (κ2) is 4.09. The molecule has 2 aliphatic rings. The van der Waals surface area contributed by atoms with Gasteiger partial charge in [0.05, 0.1) is 13.0 Å². The van der Waals surface area contributed by atoms with E-state index in [4.69, 9.17) is 6.42 Å². The van der Waals surface area contributed by atoms with Crippen LogP contribution in [-0.4, -0.2) is 41.4 Å². The number of hydrogen-bond donors (Lipinski definition) is 2. The average molecular weight is 235 g/mol. The third kappa shape index (κ3) is 1.96. The maximum Gasteiger partial charge on any atom is 0.322 e. The molecule has 0 aromatic carbocycles. The Balaban J connectivity index is 2.12. The zero-order chi connectivity index (χ0) is 12.5. The summed E-state index contributed by atoms with van der Waals surface area (Å²) in [5.41, 5.74) is -0.959. The van der Waals surface area contributed by atoms with Crippen molar-refractivity contribution in [2.75, 3.05) is 13.1 Å². The lowest BCUT2D eigenvalue weighted by atomic mass is 9.89. The highest BCUT2D eigenvalue weighted by molar-refractivity contribution is 6.07. The van der Waals surface area contributed by atoms with Crippen LogP contribution in [0.2, 0.25) is 0 Å². The van der Waals surface area contributed by atoms with Crippen molar-refractivity contribution in [2.45, 2.75) is 24.8 Å². The van der Waals surface area contributed by atoms with Crippen LogP contribution in [0.25, 0.3) is 0 Å². The zero-order valence-electron chi connectivity index (χ0n) is 9.28. The average Bonchev–Trinajstić information content (AvgIpc) is 2.54. The molecule has 1 atom stereocenters. The summed E-state index contributed by atoms with van der Waals surface area (Å²) in [4.78, 5) is 36.1. The smallest absolute Gasteiger partial charge is 0.322 e. The van der Waals surface area contributed by atoms with Crippen molar-refractivity contribution in [3.8, 4) is 12.3 Å². The standard InChI is InChI=1S/C11H13N3O3/c1-2-4-8(15)14-6-3-5-11(7-14)9(16)12-10(17)13-11/h1H,3-7H2,(H2,12,13,16,17). The first-order chi connectivity index (χ1) is 8.07. The minimum absolute atomic E-state index is 0.0195. The lowest BCUT2D eigenvalue weighted by Gasteiger charge is -2.37. The normalized spacial score (nSPS) is 27.6. The maximum absolute atomic E-state index is 11.7. The lowest BCUT2D eigenvalue weighted by molar-refractivity contribution is -0.135. The highest BCUT2D eigenvalue weighted by Gasteiger charge is 2.49. The van der Waals surface area contributed by atoms with Gasteiger partial charge in [0.25, 0.3) is 5.91 Å². The Morgan fingerprint density at radius 1 is 1.53 bits per heavy atom. The predicted molar refractivity (Wildman–Crippen MR) is 58.7 cm³/mol. The van der Waals surface area contributed by atoms with E-state index in [2.05, 4.69) is 16.6 Å². The molecule has 0 radical (unpaired) electrons. The lowest BCUT2D eigenvalue weighted by Crippen LogP contribution is -2.59. The van der Waals surface area contributed by atoms with Crippen molar-refractivity contribution in [1.29, 1.82) is 0 Å². The first kappa shape index (κ1) is 11.5. The quantitative estimate of drug-likeness (QED) is 0.462. The van der Waals surface area contributed by atoms with Crippen LogP contribution in [0.5, 0.6) is 0 Å². The van der Waals surface area contributed by atoms with Crippen molar-refractivity contribution in [3.63, 3.8) is 0 Å². The summed E-state index contributed by atoms with van der Waals surface area (Å²) in [5, 5.41) is 4.80. The summed E-state index contributed by atoms with van der Waals surface area (Å²) < 4.78 is 0. The molecule has 1 unspecified atom stereocenters. The number of imide groups is 1. The number of urea groups is 1. The maximum atomic E-state index is 11.7. The van der Waals surface area contributed by atoms with Crippen LogP contribution in [0.1, 0.15) is 19.3 Å². The van der Waals surface area contributed by atoms with E-state index in [1.807, 2.05) is 0 Å². The Hall–Kier alpha value is -2.03. The predicted octanol–water partition coefficient (Wildman–Crippen LogP) is -0.790. The molecule has 2 rings (SSSR count). The summed E-state index contributed by atoms with van der Waals surface area (Å²) in [6.07, 6.45) is 6.32. The third-order valence-corrected chi connectivity index (χ3v) is 3.11. The molecule has 17 heavy (non-hydrogen) atoms. The molecule has 2 N–H and O–H groups in total. The summed E-state index contributed by atoms with van der Waals surface area (Å²) in [6, 6.07) is -0.499. The van der Waals surface area contributed by atoms with Gasteiger partial charge in [-0.15, -0.1) is 6.42 Å². The zero-order valence-corrected chi connectivity index (χ0v) is 9.28. The van der Waals surface area contributed by atoms with E-state index in [-0.39, 0.29) is 24.8 Å². The Morgan fingerprint density at radius 2 is 2.29 bits per heavy atom. The first-order valence-corrected chi connectivity index (χ1v) is 5.42. The number of amides is 4. The number of piperidine rings is 1. The SMILES string of the molecule is C#CCC(=O)N1CCCC2(C1)NC(=O)NC2=O. The summed E-state index contributed by atoms with van der Waals surface area (Å²) in [5.74, 6) is 1.74. The molecule has 2 aliphatic heterocycles. The second-order valence-corrected chi connectivity index (χ2v) is 4.29. The van der Waals surface area contributed by atoms with Gasteiger partial charge in [-0.1, -0.05) is 5.92 Å². The molecule has 2 fully saturated rings. The molecule has 0 saturated carbocycles. The van der Waals surface area contributed by atoms with Gasteiger partial charge in [0, 0.05) is 6.54 Å². The van der Waals surface area contributed by atoms with Gasteiger partial charge in [0.15, 0.2) is 0 Å². The van der Waals surface area contributed by atoms with Gasteiger partial charge < -0.3 is 10.2 Å². The number of rotatable bonds is 1. The van der Waals surface area contributed by atoms with Crippen molar-refractivity contribution < 1.29 is 14.4 Å². The number of nitrogens with zero attached hydrogens (tertiary/aromatic N) is 1. The van der Waals surface area contributed by atoms with E-state index < -0.39 is 11.6 Å². The Labute approximate surface area is 98.7 Å². The van der Waals surface area contributed by atoms with Crippen LogP contribution in [0, 0.1) is 12.3 Å². The topological polar surface area (TPSA) is 78.5 Å². The minimum Gasteiger partial charge on any atom is -0.339 e. The second-order valence-electron chi connectivity index (χ2n) is 4.29. The van der Waals surface area contributed by atoms with E-state index >= 15 is 0 Å². The molecular weight excluding hydrogens is 222 g/mol. The number of hydrogen-bond acceptors (Lipinski definition) is 3. The number of nitrogens with one attached hydrogen (secondary N) is 2. The monoisotopic (exact) mass is 235 g/mol. The molecule has 6 heteroatoms. The van der Waals surface area contributed by atoms with Crippen LogP contribution in [0.3, 0.4) is 0 Å². The minimum atomic E-state index is -0.959. The fourth-order valence-corrected chi connectivity index (χ4v) is 2.28. The molecule has 2 saturated heterocycles. The van der Waals surface area contributed by atoms with Crippen molar-refractivity contribution in [2.24, 2.45) is 0 Å². The number of carbonyl (C=O) groups excluding carboxylic acids is 3. The molecule has 0 aliphatic carbocycles. The molecule has 0 aromatic heterocycles. The van der Waals surface area contributed by atoms with Crippen molar-refractivity contribution >= 4 is 17.8 Å². The number of likely N-dealkylation sites (tertiary alicyclic amines) is 1. The molecular formula is C11H13N3O3. The highest BCUT2D eigenvalue weighted by atomic mass is 16.2. The molecule has 0 aromatic rings. The van der Waals surface area contributed by atoms with Gasteiger partial charge in [-0.2, -0.15) is 0 Å². The van der Waals surface area contributed by atoms with Crippen LogP contribution in [0.15, 0.2) is 0 Å². The van der Waals surface area contributed by atoms with Crippen LogP contribution in [-0.2, 0) is 9.59 Å². The van der Waals surface area contributed by atoms with Gasteiger partial charge in [-0.25, -0.2) is 4.79 Å². The summed E-state index contributed by atoms with van der Waals surface area (Å²) in [7, 11) is 0. The molecule has 1 spiro atoms. The number of carbonyl (C=O) groups is 3. The molecule has 2 heterocycles. The first-order valence-electron chi connectivity index (χ1n) is 5.42. The van der Waals surface area contributed by atoms with Crippen LogP contribution in [0.4, 0.5) is 4.79 Å². The summed E-state index contributed by atoms with van der Waals surface area (Å²) in [6.45, 7) is 0.774. The highest BCUT2D eigenvalue weighted by Crippen LogP contribution is 2.24. The van der Waals surface area contributed by atoms with Crippen molar-refractivity contribution in [1.82, 2.24) is 15.5 Å². The third-order valence-electron chi connectivity index (χ3n) is 3.11. The van der Waals surface area contributed by atoms with Gasteiger partial charge in [0.1, 0.15) is 5.54 Å². The Kier molecular flexibility index (Phi) is 2.76. The van der Waals surface area contributed by atoms with Gasteiger partial charge in [-0.05, 0) is 12.8 Å². The van der Waals surface area contributed by atoms with E-state index in [0.29, 0.717) is 19.4 Å². The number of terminal acetylenes is 1. The van der Waals surface area contributed by atoms with E-state index in [1.165, 1.54) is 4.90 Å². The van der Waals surface area contributed by atoms with Crippen LogP contribution >= 0.6 is 0 Å². The van der Waals surface area contributed by atoms with Crippen LogP contribution < -0.4 is 10.6 Å². The van der Waals surface area contributed by atoms with E-state index in [1.54, 1.807) is 0 Å². The fourth-order valence-electron chi connectivity index (χ4n) is 2.28. The largest absolute Gasteiger partial charge is 0.339 e. The molecule has 0 bridgehead atoms. The molecule has 6 nitrogen and oxygen atoms in total. The fraction of sp³-hybridized carbons (Fsp3) is 0.545. The van der Waals surface area contributed by atoms with Gasteiger partial charge in [-0.3, -0.25) is 14.9 Å². The van der Waals surface area contributed by atoms with E-state index in [9.17, 15) is 14.4 Å². The Morgan fingerprint density at radius 3 is 2.88 bits per heavy atom. The van der Waals surface area contributed by atoms with E-state index in [0.717, 1.165) is 0 Å². The van der Waals surface area contributed by atoms with Gasteiger partial charge >= 0.3 is 6.03 Å². The summed E-state index contributed by atoms with van der Waals surface area (Å²) >= 11 is 0. The van der Waals surface area contributed by atoms with Gasteiger partial charge in [0.2, 0.25) is 5.91 Å². The Bertz CT molecular complexity index is 426.